The molecule has 0 aliphatic rings. The van der Waals surface area contributed by atoms with Crippen molar-refractivity contribution in [3.63, 3.8) is 0 Å². The summed E-state index contributed by atoms with van der Waals surface area (Å²) in [4.78, 5) is 38.5. The van der Waals surface area contributed by atoms with E-state index in [4.69, 9.17) is 0 Å². The fourth-order valence-electron chi connectivity index (χ4n) is 2.51. The lowest BCUT2D eigenvalue weighted by atomic mass is 10.0. The van der Waals surface area contributed by atoms with Gasteiger partial charge in [0, 0.05) is 10.6 Å². The second-order valence-corrected chi connectivity index (χ2v) is 8.60. The highest BCUT2D eigenvalue weighted by Gasteiger charge is 2.16. The standard InChI is InChI=1S/C21H20N2O3S2/c1-13(2)14-5-7-15(8-6-14)23-21(26)20(25)22-12-16-9-10-18(28-16)19(24)17-4-3-11-27-17/h3-11,13H,12H2,1-2H3,(H,22,25)(H,23,26). The number of benzene rings is 1. The van der Waals surface area contributed by atoms with Gasteiger partial charge in [0.15, 0.2) is 0 Å². The Kier molecular flexibility index (Phi) is 6.38. The first-order valence-corrected chi connectivity index (χ1v) is 10.5. The normalized spacial score (nSPS) is 10.7. The summed E-state index contributed by atoms with van der Waals surface area (Å²) in [6, 6.07) is 14.6. The Morgan fingerprint density at radius 2 is 1.68 bits per heavy atom. The maximum atomic E-state index is 12.3. The molecule has 0 atom stereocenters. The first kappa shape index (κ1) is 20.0. The number of amides is 2. The van der Waals surface area contributed by atoms with Crippen LogP contribution in [0.5, 0.6) is 0 Å². The summed E-state index contributed by atoms with van der Waals surface area (Å²) < 4.78 is 0. The van der Waals surface area contributed by atoms with E-state index >= 15 is 0 Å². The summed E-state index contributed by atoms with van der Waals surface area (Å²) in [7, 11) is 0. The first-order valence-electron chi connectivity index (χ1n) is 8.80. The minimum absolute atomic E-state index is 0.0276. The molecule has 0 fully saturated rings. The van der Waals surface area contributed by atoms with Crippen LogP contribution in [0.2, 0.25) is 0 Å². The summed E-state index contributed by atoms with van der Waals surface area (Å²) in [5, 5.41) is 7.03. The average molecular weight is 413 g/mol. The molecule has 0 saturated heterocycles. The Labute approximate surface area is 171 Å². The molecule has 0 bridgehead atoms. The number of hydrogen-bond donors (Lipinski definition) is 2. The number of ketones is 1. The molecule has 2 heterocycles. The Morgan fingerprint density at radius 3 is 2.32 bits per heavy atom. The van der Waals surface area contributed by atoms with Gasteiger partial charge in [-0.3, -0.25) is 14.4 Å². The number of carbonyl (C=O) groups is 3. The van der Waals surface area contributed by atoms with Crippen molar-refractivity contribution in [1.29, 1.82) is 0 Å². The van der Waals surface area contributed by atoms with E-state index in [1.165, 1.54) is 22.7 Å². The second kappa shape index (κ2) is 8.95. The van der Waals surface area contributed by atoms with E-state index in [0.29, 0.717) is 21.4 Å². The number of rotatable bonds is 6. The van der Waals surface area contributed by atoms with E-state index in [1.54, 1.807) is 30.3 Å². The van der Waals surface area contributed by atoms with Crippen LogP contribution in [0.15, 0.2) is 53.9 Å². The molecule has 3 aromatic rings. The lowest BCUT2D eigenvalue weighted by Gasteiger charge is -2.08. The zero-order chi connectivity index (χ0) is 20.1. The molecule has 1 aromatic carbocycles. The number of anilines is 1. The van der Waals surface area contributed by atoms with Gasteiger partial charge in [-0.25, -0.2) is 0 Å². The van der Waals surface area contributed by atoms with E-state index in [2.05, 4.69) is 24.5 Å². The van der Waals surface area contributed by atoms with Gasteiger partial charge in [-0.05, 0) is 47.2 Å². The van der Waals surface area contributed by atoms with Crippen LogP contribution in [-0.4, -0.2) is 17.6 Å². The van der Waals surface area contributed by atoms with Gasteiger partial charge in [0.1, 0.15) is 0 Å². The van der Waals surface area contributed by atoms with Crippen LogP contribution < -0.4 is 10.6 Å². The lowest BCUT2D eigenvalue weighted by Crippen LogP contribution is -2.34. The van der Waals surface area contributed by atoms with Gasteiger partial charge >= 0.3 is 11.8 Å². The average Bonchev–Trinajstić information content (AvgIpc) is 3.38. The van der Waals surface area contributed by atoms with E-state index in [1.807, 2.05) is 23.6 Å². The molecule has 0 spiro atoms. The van der Waals surface area contributed by atoms with E-state index in [0.717, 1.165) is 10.4 Å². The Morgan fingerprint density at radius 1 is 0.929 bits per heavy atom. The number of nitrogens with one attached hydrogen (secondary N) is 2. The maximum Gasteiger partial charge on any atom is 0.313 e. The van der Waals surface area contributed by atoms with Gasteiger partial charge in [-0.1, -0.05) is 32.0 Å². The monoisotopic (exact) mass is 412 g/mol. The molecule has 3 rings (SSSR count). The zero-order valence-corrected chi connectivity index (χ0v) is 17.2. The topological polar surface area (TPSA) is 75.3 Å². The fraction of sp³-hybridized carbons (Fsp3) is 0.190. The molecule has 5 nitrogen and oxygen atoms in total. The highest BCUT2D eigenvalue weighted by atomic mass is 32.1. The number of carbonyl (C=O) groups excluding carboxylic acids is 3. The molecule has 0 saturated carbocycles. The van der Waals surface area contributed by atoms with Gasteiger partial charge in [-0.2, -0.15) is 0 Å². The summed E-state index contributed by atoms with van der Waals surface area (Å²) in [5.74, 6) is -1.06. The third kappa shape index (κ3) is 4.94. The highest BCUT2D eigenvalue weighted by Crippen LogP contribution is 2.22. The third-order valence-corrected chi connectivity index (χ3v) is 6.05. The molecule has 2 N–H and O–H groups in total. The molecule has 28 heavy (non-hydrogen) atoms. The third-order valence-electron chi connectivity index (χ3n) is 4.10. The predicted octanol–water partition coefficient (Wildman–Crippen LogP) is 4.42. The van der Waals surface area contributed by atoms with E-state index in [-0.39, 0.29) is 12.3 Å². The van der Waals surface area contributed by atoms with Crippen LogP contribution in [0.3, 0.4) is 0 Å². The molecule has 0 radical (unpaired) electrons. The minimum Gasteiger partial charge on any atom is -0.343 e. The quantitative estimate of drug-likeness (QED) is 0.465. The van der Waals surface area contributed by atoms with Crippen molar-refractivity contribution in [2.45, 2.75) is 26.3 Å². The SMILES string of the molecule is CC(C)c1ccc(NC(=O)C(=O)NCc2ccc(C(=O)c3cccs3)s2)cc1. The van der Waals surface area contributed by atoms with Gasteiger partial charge in [0.25, 0.3) is 0 Å². The van der Waals surface area contributed by atoms with Crippen molar-refractivity contribution in [3.05, 3.63) is 74.1 Å². The molecular formula is C21H20N2O3S2. The summed E-state index contributed by atoms with van der Waals surface area (Å²) >= 11 is 2.71. The Balaban J connectivity index is 1.52. The van der Waals surface area contributed by atoms with Crippen molar-refractivity contribution in [3.8, 4) is 0 Å². The first-order chi connectivity index (χ1) is 13.4. The smallest absolute Gasteiger partial charge is 0.313 e. The van der Waals surface area contributed by atoms with Crippen LogP contribution in [0.25, 0.3) is 0 Å². The Bertz CT molecular complexity index is 974. The highest BCUT2D eigenvalue weighted by molar-refractivity contribution is 7.16. The number of thiophene rings is 2. The molecule has 2 aromatic heterocycles. The van der Waals surface area contributed by atoms with Crippen LogP contribution in [-0.2, 0) is 16.1 Å². The molecule has 144 valence electrons. The van der Waals surface area contributed by atoms with Gasteiger partial charge in [-0.15, -0.1) is 22.7 Å². The summed E-state index contributed by atoms with van der Waals surface area (Å²) in [5.41, 5.74) is 1.73. The zero-order valence-electron chi connectivity index (χ0n) is 15.5. The van der Waals surface area contributed by atoms with E-state index in [9.17, 15) is 14.4 Å². The largest absolute Gasteiger partial charge is 0.343 e. The predicted molar refractivity (Wildman–Crippen MR) is 113 cm³/mol. The van der Waals surface area contributed by atoms with Crippen molar-refractivity contribution < 1.29 is 14.4 Å². The van der Waals surface area contributed by atoms with Gasteiger partial charge < -0.3 is 10.6 Å². The number of hydrogen-bond acceptors (Lipinski definition) is 5. The van der Waals surface area contributed by atoms with Gasteiger partial charge in [0.2, 0.25) is 5.78 Å². The van der Waals surface area contributed by atoms with Crippen molar-refractivity contribution in [2.24, 2.45) is 0 Å². The molecule has 0 aliphatic heterocycles. The lowest BCUT2D eigenvalue weighted by molar-refractivity contribution is -0.136. The maximum absolute atomic E-state index is 12.3. The minimum atomic E-state index is -0.719. The van der Waals surface area contributed by atoms with Crippen LogP contribution in [0, 0.1) is 0 Å². The summed E-state index contributed by atoms with van der Waals surface area (Å²) in [6.45, 7) is 4.37. The molecule has 7 heteroatoms. The van der Waals surface area contributed by atoms with Crippen molar-refractivity contribution in [2.75, 3.05) is 5.32 Å². The van der Waals surface area contributed by atoms with E-state index < -0.39 is 11.8 Å². The van der Waals surface area contributed by atoms with Crippen LogP contribution >= 0.6 is 22.7 Å². The van der Waals surface area contributed by atoms with Crippen LogP contribution in [0.1, 0.15) is 44.8 Å². The van der Waals surface area contributed by atoms with Crippen molar-refractivity contribution in [1.82, 2.24) is 5.32 Å². The second-order valence-electron chi connectivity index (χ2n) is 6.49. The Hall–Kier alpha value is -2.77. The summed E-state index contributed by atoms with van der Waals surface area (Å²) in [6.07, 6.45) is 0. The molecule has 0 unspecified atom stereocenters. The fourth-order valence-corrected chi connectivity index (χ4v) is 4.16. The molecule has 2 amide bonds. The van der Waals surface area contributed by atoms with Crippen LogP contribution in [0.4, 0.5) is 5.69 Å². The van der Waals surface area contributed by atoms with Crippen molar-refractivity contribution >= 4 is 46.0 Å². The molecular weight excluding hydrogens is 392 g/mol. The van der Waals surface area contributed by atoms with Gasteiger partial charge in [0.05, 0.1) is 16.3 Å². The molecule has 0 aliphatic carbocycles.